The van der Waals surface area contributed by atoms with Crippen molar-refractivity contribution in [2.45, 2.75) is 32.7 Å². The number of nitrogens with zero attached hydrogens (tertiary/aromatic N) is 1. The van der Waals surface area contributed by atoms with Crippen LogP contribution in [0.4, 0.5) is 0 Å². The molecule has 5 heteroatoms. The topological polar surface area (TPSA) is 61.1 Å². The van der Waals surface area contributed by atoms with Crippen LogP contribution < -0.4 is 4.57 Å². The Balaban J connectivity index is 2.84. The largest absolute Gasteiger partial charge is 0.748 e. The summed E-state index contributed by atoms with van der Waals surface area (Å²) in [5, 5.41) is 0. The highest BCUT2D eigenvalue weighted by Crippen LogP contribution is 2.05. The minimum Gasteiger partial charge on any atom is -0.748 e. The maximum Gasteiger partial charge on any atom is 0.172 e. The molecule has 0 bridgehead atoms. The van der Waals surface area contributed by atoms with E-state index < -0.39 is 10.1 Å². The quantitative estimate of drug-likeness (QED) is 0.583. The summed E-state index contributed by atoms with van der Waals surface area (Å²) in [6, 6.07) is 3.69. The van der Waals surface area contributed by atoms with Gasteiger partial charge in [0.1, 0.15) is 0 Å². The van der Waals surface area contributed by atoms with E-state index in [1.165, 1.54) is 0 Å². The lowest BCUT2D eigenvalue weighted by atomic mass is 10.1. The Morgan fingerprint density at radius 3 is 2.50 bits per heavy atom. The van der Waals surface area contributed by atoms with Crippen LogP contribution in [0.3, 0.4) is 0 Å². The maximum atomic E-state index is 10.5. The van der Waals surface area contributed by atoms with Crippen LogP contribution in [-0.4, -0.2) is 18.7 Å². The summed E-state index contributed by atoms with van der Waals surface area (Å²) in [6.07, 6.45) is 4.07. The number of pyridine rings is 1. The lowest BCUT2D eigenvalue weighted by molar-refractivity contribution is -0.754. The molecule has 0 aromatic carbocycles. The average Bonchev–Trinajstić information content (AvgIpc) is 2.13. The van der Waals surface area contributed by atoms with Crippen molar-refractivity contribution >= 4 is 10.1 Å². The first-order valence-corrected chi connectivity index (χ1v) is 6.70. The molecule has 90 valence electrons. The van der Waals surface area contributed by atoms with Crippen molar-refractivity contribution in [2.24, 2.45) is 0 Å². The molecule has 0 aliphatic rings. The van der Waals surface area contributed by atoms with E-state index in [9.17, 15) is 13.0 Å². The molecule has 0 saturated carbocycles. The molecule has 0 radical (unpaired) electrons. The van der Waals surface area contributed by atoms with Gasteiger partial charge in [-0.1, -0.05) is 0 Å². The van der Waals surface area contributed by atoms with E-state index in [1.54, 1.807) is 0 Å². The molecule has 0 spiro atoms. The molecule has 0 aliphatic heterocycles. The Kier molecular flexibility index (Phi) is 3.70. The molecule has 1 aromatic rings. The average molecular weight is 243 g/mol. The molecule has 0 saturated heterocycles. The number of aromatic nitrogens is 1. The Hall–Kier alpha value is -0.940. The van der Waals surface area contributed by atoms with E-state index in [0.29, 0.717) is 0 Å². The standard InChI is InChI=1S/C11H17NO3S/c1-11(2,3)12-7-4-5-10(9-12)6-8-16(13,14)15/h4-5,7,9H,6,8H2,1-3H3. The fourth-order valence-corrected chi connectivity index (χ4v) is 1.82. The molecule has 1 heterocycles. The van der Waals surface area contributed by atoms with Crippen molar-refractivity contribution in [1.29, 1.82) is 0 Å². The summed E-state index contributed by atoms with van der Waals surface area (Å²) < 4.78 is 33.6. The van der Waals surface area contributed by atoms with Gasteiger partial charge in [-0.3, -0.25) is 0 Å². The lowest BCUT2D eigenvalue weighted by Crippen LogP contribution is -2.49. The smallest absolute Gasteiger partial charge is 0.172 e. The van der Waals surface area contributed by atoms with Gasteiger partial charge in [0, 0.05) is 38.2 Å². The molecule has 4 nitrogen and oxygen atoms in total. The van der Waals surface area contributed by atoms with Gasteiger partial charge >= 0.3 is 0 Å². The number of aryl methyl sites for hydroxylation is 1. The second-order valence-corrected chi connectivity index (χ2v) is 6.33. The minimum absolute atomic E-state index is 0.0493. The summed E-state index contributed by atoms with van der Waals surface area (Å²) in [7, 11) is -4.13. The first kappa shape index (κ1) is 13.1. The van der Waals surface area contributed by atoms with E-state index in [4.69, 9.17) is 0 Å². The highest BCUT2D eigenvalue weighted by molar-refractivity contribution is 7.85. The lowest BCUT2D eigenvalue weighted by Gasteiger charge is -2.13. The highest BCUT2D eigenvalue weighted by atomic mass is 32.2. The summed E-state index contributed by atoms with van der Waals surface area (Å²) in [6.45, 7) is 6.17. The minimum atomic E-state index is -4.13. The Bertz CT molecular complexity index is 460. The van der Waals surface area contributed by atoms with Crippen molar-refractivity contribution < 1.29 is 17.5 Å². The normalized spacial score (nSPS) is 12.8. The predicted octanol–water partition coefficient (Wildman–Crippen LogP) is 0.817. The van der Waals surface area contributed by atoms with Crippen molar-refractivity contribution in [3.8, 4) is 0 Å². The third-order valence-electron chi connectivity index (χ3n) is 2.28. The monoisotopic (exact) mass is 243 g/mol. The zero-order valence-corrected chi connectivity index (χ0v) is 10.6. The molecule has 0 unspecified atom stereocenters. The van der Waals surface area contributed by atoms with Gasteiger partial charge in [-0.15, -0.1) is 0 Å². The third kappa shape index (κ3) is 4.28. The molecule has 1 aromatic heterocycles. The van der Waals surface area contributed by atoms with Crippen LogP contribution in [-0.2, 0) is 22.1 Å². The molecule has 16 heavy (non-hydrogen) atoms. The van der Waals surface area contributed by atoms with Crippen molar-refractivity contribution in [2.75, 3.05) is 5.75 Å². The summed E-state index contributed by atoms with van der Waals surface area (Å²) in [4.78, 5) is 0. The van der Waals surface area contributed by atoms with Crippen molar-refractivity contribution in [1.82, 2.24) is 0 Å². The zero-order valence-electron chi connectivity index (χ0n) is 9.80. The van der Waals surface area contributed by atoms with Crippen molar-refractivity contribution in [3.05, 3.63) is 30.1 Å². The second-order valence-electron chi connectivity index (χ2n) is 4.80. The summed E-state index contributed by atoms with van der Waals surface area (Å²) in [5.74, 6) is -0.346. The number of hydrogen-bond acceptors (Lipinski definition) is 3. The Morgan fingerprint density at radius 2 is 2.00 bits per heavy atom. The van der Waals surface area contributed by atoms with Crippen LogP contribution in [0.25, 0.3) is 0 Å². The Labute approximate surface area is 96.7 Å². The van der Waals surface area contributed by atoms with E-state index >= 15 is 0 Å². The van der Waals surface area contributed by atoms with Gasteiger partial charge < -0.3 is 4.55 Å². The summed E-state index contributed by atoms with van der Waals surface area (Å²) in [5.41, 5.74) is 0.809. The third-order valence-corrected chi connectivity index (χ3v) is 2.98. The van der Waals surface area contributed by atoms with E-state index in [1.807, 2.05) is 29.1 Å². The zero-order chi connectivity index (χ0) is 12.4. The van der Waals surface area contributed by atoms with Gasteiger partial charge in [0.15, 0.2) is 17.9 Å². The van der Waals surface area contributed by atoms with Crippen LogP contribution in [0.1, 0.15) is 26.3 Å². The summed E-state index contributed by atoms with van der Waals surface area (Å²) >= 11 is 0. The van der Waals surface area contributed by atoms with Crippen LogP contribution in [0.2, 0.25) is 0 Å². The molecule has 0 N–H and O–H groups in total. The van der Waals surface area contributed by atoms with Gasteiger partial charge in [0.2, 0.25) is 0 Å². The predicted molar refractivity (Wildman–Crippen MR) is 59.9 cm³/mol. The molecule has 1 rings (SSSR count). The maximum absolute atomic E-state index is 10.5. The van der Waals surface area contributed by atoms with Gasteiger partial charge in [0.25, 0.3) is 0 Å². The van der Waals surface area contributed by atoms with Gasteiger partial charge in [-0.25, -0.2) is 13.0 Å². The molecule has 0 atom stereocenters. The first-order valence-electron chi connectivity index (χ1n) is 5.13. The van der Waals surface area contributed by atoms with Crippen LogP contribution in [0.15, 0.2) is 24.5 Å². The van der Waals surface area contributed by atoms with Gasteiger partial charge in [-0.2, -0.15) is 0 Å². The van der Waals surface area contributed by atoms with Gasteiger partial charge in [-0.05, 0) is 12.5 Å². The number of hydrogen-bond donors (Lipinski definition) is 0. The molecular formula is C11H17NO3S. The van der Waals surface area contributed by atoms with E-state index in [2.05, 4.69) is 20.8 Å². The van der Waals surface area contributed by atoms with Gasteiger partial charge in [0.05, 0.1) is 10.1 Å². The highest BCUT2D eigenvalue weighted by Gasteiger charge is 2.20. The number of rotatable bonds is 3. The Morgan fingerprint density at radius 1 is 1.38 bits per heavy atom. The van der Waals surface area contributed by atoms with Crippen molar-refractivity contribution in [3.63, 3.8) is 0 Å². The molecule has 0 amide bonds. The van der Waals surface area contributed by atoms with Crippen LogP contribution in [0, 0.1) is 0 Å². The van der Waals surface area contributed by atoms with E-state index in [0.717, 1.165) is 5.56 Å². The molecule has 0 aliphatic carbocycles. The van der Waals surface area contributed by atoms with Crippen LogP contribution >= 0.6 is 0 Å². The first-order chi connectivity index (χ1) is 7.18. The van der Waals surface area contributed by atoms with Crippen LogP contribution in [0.5, 0.6) is 0 Å². The SMILES string of the molecule is CC(C)(C)[n+]1cccc(CCS(=O)(=O)[O-])c1. The van der Waals surface area contributed by atoms with E-state index in [-0.39, 0.29) is 17.7 Å². The fourth-order valence-electron chi connectivity index (χ4n) is 1.33. The second kappa shape index (κ2) is 4.51. The fraction of sp³-hybridized carbons (Fsp3) is 0.545. The molecule has 0 fully saturated rings. The molecular weight excluding hydrogens is 226 g/mol.